The Hall–Kier alpha value is -2.58. The van der Waals surface area contributed by atoms with Crippen LogP contribution in [0.2, 0.25) is 0 Å². The number of para-hydroxylation sites is 1. The Morgan fingerprint density at radius 2 is 1.23 bits per heavy atom. The third-order valence-corrected chi connectivity index (χ3v) is 5.32. The zero-order valence-electron chi connectivity index (χ0n) is 15.0. The maximum atomic E-state index is 3.82. The minimum absolute atomic E-state index is 0.398. The largest absolute Gasteiger partial charge is 0.381 e. The van der Waals surface area contributed by atoms with E-state index in [0.29, 0.717) is 18.0 Å². The standard InChI is InChI=1S/C24H26N2/c1-4-10-19(11-5-1)24(20-12-6-2-7-13-20)23-17-16-22(18-25-23)26-21-14-8-3-9-15-21/h1-15,22-26H,16-18H2/t22-,23-/m1/s1. The summed E-state index contributed by atoms with van der Waals surface area (Å²) in [6.45, 7) is 0.996. The first-order valence-corrected chi connectivity index (χ1v) is 9.55. The smallest absolute Gasteiger partial charge is 0.0386 e. The zero-order valence-corrected chi connectivity index (χ0v) is 15.0. The molecule has 0 radical (unpaired) electrons. The molecule has 3 aromatic rings. The number of hydrogen-bond donors (Lipinski definition) is 2. The van der Waals surface area contributed by atoms with Crippen molar-refractivity contribution < 1.29 is 0 Å². The lowest BCUT2D eigenvalue weighted by atomic mass is 9.81. The molecule has 1 aliphatic rings. The fraction of sp³-hybridized carbons (Fsp3) is 0.250. The molecule has 26 heavy (non-hydrogen) atoms. The van der Waals surface area contributed by atoms with Crippen LogP contribution in [0.25, 0.3) is 0 Å². The summed E-state index contributed by atoms with van der Waals surface area (Å²) in [7, 11) is 0. The fourth-order valence-corrected chi connectivity index (χ4v) is 4.03. The Bertz CT molecular complexity index is 739. The number of anilines is 1. The molecule has 0 aromatic heterocycles. The molecule has 1 heterocycles. The first-order valence-electron chi connectivity index (χ1n) is 9.55. The average Bonchev–Trinajstić information content (AvgIpc) is 2.72. The van der Waals surface area contributed by atoms with Crippen LogP contribution in [0.4, 0.5) is 5.69 Å². The number of benzene rings is 3. The summed E-state index contributed by atoms with van der Waals surface area (Å²) in [5.74, 6) is 0.398. The topological polar surface area (TPSA) is 24.1 Å². The van der Waals surface area contributed by atoms with E-state index in [2.05, 4.69) is 102 Å². The van der Waals surface area contributed by atoms with Gasteiger partial charge >= 0.3 is 0 Å². The Labute approximate surface area is 156 Å². The van der Waals surface area contributed by atoms with Crippen molar-refractivity contribution in [3.63, 3.8) is 0 Å². The quantitative estimate of drug-likeness (QED) is 0.678. The van der Waals surface area contributed by atoms with Crippen molar-refractivity contribution in [1.29, 1.82) is 0 Å². The van der Waals surface area contributed by atoms with Crippen molar-refractivity contribution in [2.75, 3.05) is 11.9 Å². The summed E-state index contributed by atoms with van der Waals surface area (Å²) in [5, 5.41) is 7.48. The van der Waals surface area contributed by atoms with Gasteiger partial charge in [0.25, 0.3) is 0 Å². The summed E-state index contributed by atoms with van der Waals surface area (Å²) >= 11 is 0. The molecule has 1 saturated heterocycles. The molecule has 2 heteroatoms. The van der Waals surface area contributed by atoms with Crippen molar-refractivity contribution in [2.24, 2.45) is 0 Å². The highest BCUT2D eigenvalue weighted by Gasteiger charge is 2.29. The maximum Gasteiger partial charge on any atom is 0.0386 e. The van der Waals surface area contributed by atoms with Crippen molar-refractivity contribution in [2.45, 2.75) is 30.8 Å². The van der Waals surface area contributed by atoms with Gasteiger partial charge in [-0.1, -0.05) is 78.9 Å². The van der Waals surface area contributed by atoms with E-state index >= 15 is 0 Å². The van der Waals surface area contributed by atoms with Gasteiger partial charge in [0.05, 0.1) is 0 Å². The van der Waals surface area contributed by atoms with E-state index in [0.717, 1.165) is 6.54 Å². The van der Waals surface area contributed by atoms with E-state index < -0.39 is 0 Å². The highest BCUT2D eigenvalue weighted by Crippen LogP contribution is 2.32. The van der Waals surface area contributed by atoms with E-state index in [1.807, 2.05) is 0 Å². The van der Waals surface area contributed by atoms with Crippen LogP contribution >= 0.6 is 0 Å². The van der Waals surface area contributed by atoms with Crippen LogP contribution in [0.5, 0.6) is 0 Å². The Balaban J connectivity index is 1.48. The van der Waals surface area contributed by atoms with Gasteiger partial charge in [-0.2, -0.15) is 0 Å². The first kappa shape index (κ1) is 16.9. The van der Waals surface area contributed by atoms with Crippen molar-refractivity contribution in [3.05, 3.63) is 102 Å². The molecule has 132 valence electrons. The molecule has 4 rings (SSSR count). The Morgan fingerprint density at radius 3 is 1.73 bits per heavy atom. The predicted octanol–water partition coefficient (Wildman–Crippen LogP) is 5.05. The van der Waals surface area contributed by atoms with Gasteiger partial charge in [0.15, 0.2) is 0 Å². The Morgan fingerprint density at radius 1 is 0.692 bits per heavy atom. The highest BCUT2D eigenvalue weighted by atomic mass is 15.0. The van der Waals surface area contributed by atoms with Gasteiger partial charge in [-0.3, -0.25) is 0 Å². The summed E-state index contributed by atoms with van der Waals surface area (Å²) in [4.78, 5) is 0. The molecular weight excluding hydrogens is 316 g/mol. The van der Waals surface area contributed by atoms with E-state index in [4.69, 9.17) is 0 Å². The third-order valence-electron chi connectivity index (χ3n) is 5.32. The molecule has 0 bridgehead atoms. The Kier molecular flexibility index (Phi) is 5.32. The molecule has 0 saturated carbocycles. The number of piperidine rings is 1. The minimum atomic E-state index is 0.398. The van der Waals surface area contributed by atoms with E-state index in [-0.39, 0.29) is 0 Å². The highest BCUT2D eigenvalue weighted by molar-refractivity contribution is 5.43. The van der Waals surface area contributed by atoms with Gasteiger partial charge in [-0.05, 0) is 36.1 Å². The molecule has 2 atom stereocenters. The second kappa shape index (κ2) is 8.20. The van der Waals surface area contributed by atoms with Crippen LogP contribution in [0.15, 0.2) is 91.0 Å². The lowest BCUT2D eigenvalue weighted by Gasteiger charge is -2.36. The molecule has 0 spiro atoms. The van der Waals surface area contributed by atoms with Crippen LogP contribution in [0.1, 0.15) is 29.9 Å². The number of rotatable bonds is 5. The van der Waals surface area contributed by atoms with Crippen molar-refractivity contribution in [1.82, 2.24) is 5.32 Å². The van der Waals surface area contributed by atoms with E-state index in [9.17, 15) is 0 Å². The molecule has 2 nitrogen and oxygen atoms in total. The zero-order chi connectivity index (χ0) is 17.6. The molecule has 0 unspecified atom stereocenters. The maximum absolute atomic E-state index is 3.82. The van der Waals surface area contributed by atoms with Crippen LogP contribution in [-0.2, 0) is 0 Å². The van der Waals surface area contributed by atoms with Gasteiger partial charge in [-0.25, -0.2) is 0 Å². The monoisotopic (exact) mass is 342 g/mol. The van der Waals surface area contributed by atoms with Crippen LogP contribution in [0, 0.1) is 0 Å². The molecule has 0 amide bonds. The van der Waals surface area contributed by atoms with Crippen LogP contribution < -0.4 is 10.6 Å². The third kappa shape index (κ3) is 3.97. The van der Waals surface area contributed by atoms with Gasteiger partial charge < -0.3 is 10.6 Å². The van der Waals surface area contributed by atoms with Gasteiger partial charge in [0.2, 0.25) is 0 Å². The van der Waals surface area contributed by atoms with E-state index in [1.54, 1.807) is 0 Å². The number of nitrogens with one attached hydrogen (secondary N) is 2. The summed E-state index contributed by atoms with van der Waals surface area (Å²) in [5.41, 5.74) is 4.00. The van der Waals surface area contributed by atoms with Gasteiger partial charge in [0, 0.05) is 30.2 Å². The molecule has 2 N–H and O–H groups in total. The van der Waals surface area contributed by atoms with Gasteiger partial charge in [-0.15, -0.1) is 0 Å². The van der Waals surface area contributed by atoms with Crippen LogP contribution in [0.3, 0.4) is 0 Å². The summed E-state index contributed by atoms with van der Waals surface area (Å²) < 4.78 is 0. The van der Waals surface area contributed by atoms with Gasteiger partial charge in [0.1, 0.15) is 0 Å². The fourth-order valence-electron chi connectivity index (χ4n) is 4.03. The van der Waals surface area contributed by atoms with Crippen molar-refractivity contribution in [3.8, 4) is 0 Å². The normalized spacial score (nSPS) is 20.0. The number of hydrogen-bond acceptors (Lipinski definition) is 2. The van der Waals surface area contributed by atoms with Crippen molar-refractivity contribution >= 4 is 5.69 Å². The lowest BCUT2D eigenvalue weighted by Crippen LogP contribution is -2.47. The molecule has 0 aliphatic carbocycles. The van der Waals surface area contributed by atoms with E-state index in [1.165, 1.54) is 29.7 Å². The minimum Gasteiger partial charge on any atom is -0.381 e. The molecule has 1 fully saturated rings. The SMILES string of the molecule is c1ccc(N[C@@H]2CC[C@H](C(c3ccccc3)c3ccccc3)NC2)cc1. The molecule has 1 aliphatic heterocycles. The average molecular weight is 342 g/mol. The summed E-state index contributed by atoms with van der Waals surface area (Å²) in [6, 6.07) is 33.3. The first-order chi connectivity index (χ1) is 12.9. The van der Waals surface area contributed by atoms with Crippen LogP contribution in [-0.4, -0.2) is 18.6 Å². The predicted molar refractivity (Wildman–Crippen MR) is 110 cm³/mol. The molecule has 3 aromatic carbocycles. The molecular formula is C24H26N2. The second-order valence-electron chi connectivity index (χ2n) is 7.10. The second-order valence-corrected chi connectivity index (χ2v) is 7.10. The summed E-state index contributed by atoms with van der Waals surface area (Å²) in [6.07, 6.45) is 2.35. The lowest BCUT2D eigenvalue weighted by molar-refractivity contribution is 0.353.